The van der Waals surface area contributed by atoms with Gasteiger partial charge in [-0.25, -0.2) is 4.79 Å². The highest BCUT2D eigenvalue weighted by Gasteiger charge is 2.51. The minimum absolute atomic E-state index is 0.0317. The van der Waals surface area contributed by atoms with Crippen LogP contribution in [0.1, 0.15) is 13.8 Å². The fourth-order valence-electron chi connectivity index (χ4n) is 2.23. The maximum Gasteiger partial charge on any atom is 0.347 e. The van der Waals surface area contributed by atoms with Crippen LogP contribution >= 0.6 is 7.60 Å². The SMILES string of the molecule is CCOP(=O)(OCC)C(C(=O)OC)C(Nc1ccccc1)C(=O)OC. The Kier molecular flexibility index (Phi) is 8.61. The molecule has 1 rings (SSSR count). The van der Waals surface area contributed by atoms with E-state index in [0.717, 1.165) is 7.11 Å². The second kappa shape index (κ2) is 10.2. The number of para-hydroxylation sites is 1. The summed E-state index contributed by atoms with van der Waals surface area (Å²) in [4.78, 5) is 24.7. The Balaban J connectivity index is 3.35. The Labute approximate surface area is 147 Å². The molecule has 1 aromatic rings. The molecule has 2 atom stereocenters. The molecule has 0 aliphatic heterocycles. The summed E-state index contributed by atoms with van der Waals surface area (Å²) >= 11 is 0. The molecular formula is C16H24NO7P. The third-order valence-electron chi connectivity index (χ3n) is 3.27. The second-order valence-electron chi connectivity index (χ2n) is 4.85. The fourth-order valence-corrected chi connectivity index (χ4v) is 4.27. The summed E-state index contributed by atoms with van der Waals surface area (Å²) in [6.07, 6.45) is 0. The molecule has 0 saturated carbocycles. The first-order valence-corrected chi connectivity index (χ1v) is 9.40. The van der Waals surface area contributed by atoms with Crippen molar-refractivity contribution in [2.45, 2.75) is 25.5 Å². The largest absolute Gasteiger partial charge is 0.468 e. The molecule has 0 saturated heterocycles. The van der Waals surface area contributed by atoms with Gasteiger partial charge in [-0.15, -0.1) is 0 Å². The summed E-state index contributed by atoms with van der Waals surface area (Å²) in [5.41, 5.74) is -0.989. The maximum atomic E-state index is 13.2. The van der Waals surface area contributed by atoms with E-state index in [1.54, 1.807) is 44.2 Å². The van der Waals surface area contributed by atoms with Crippen molar-refractivity contribution in [1.82, 2.24) is 0 Å². The Hall–Kier alpha value is -1.89. The van der Waals surface area contributed by atoms with Gasteiger partial charge in [0.2, 0.25) is 0 Å². The number of methoxy groups -OCH3 is 2. The van der Waals surface area contributed by atoms with Gasteiger partial charge in [0.05, 0.1) is 27.4 Å². The fraction of sp³-hybridized carbons (Fsp3) is 0.500. The standard InChI is InChI=1S/C16H24NO7P/c1-5-23-25(20,24-6-2)14(16(19)22-4)13(15(18)21-3)17-12-10-8-7-9-11-12/h7-11,13-14,17H,5-6H2,1-4H3. The molecule has 140 valence electrons. The number of carbonyl (C=O) groups is 2. The number of ether oxygens (including phenoxy) is 2. The van der Waals surface area contributed by atoms with Gasteiger partial charge in [-0.2, -0.15) is 0 Å². The molecule has 8 nitrogen and oxygen atoms in total. The minimum Gasteiger partial charge on any atom is -0.468 e. The van der Waals surface area contributed by atoms with Crippen molar-refractivity contribution >= 4 is 25.2 Å². The van der Waals surface area contributed by atoms with Crippen LogP contribution in [-0.2, 0) is 32.7 Å². The van der Waals surface area contributed by atoms with Crippen LogP contribution in [0.3, 0.4) is 0 Å². The zero-order valence-corrected chi connectivity index (χ0v) is 15.7. The van der Waals surface area contributed by atoms with Gasteiger partial charge in [-0.05, 0) is 26.0 Å². The first-order chi connectivity index (χ1) is 11.9. The number of hydrogen-bond acceptors (Lipinski definition) is 8. The molecule has 0 heterocycles. The van der Waals surface area contributed by atoms with Crippen LogP contribution in [0.2, 0.25) is 0 Å². The van der Waals surface area contributed by atoms with Crippen molar-refractivity contribution in [1.29, 1.82) is 0 Å². The predicted octanol–water partition coefficient (Wildman–Crippen LogP) is 2.45. The van der Waals surface area contributed by atoms with Crippen LogP contribution in [0.4, 0.5) is 5.69 Å². The molecule has 1 aromatic carbocycles. The van der Waals surface area contributed by atoms with Gasteiger partial charge in [0.15, 0.2) is 5.66 Å². The number of nitrogens with one attached hydrogen (secondary N) is 1. The van der Waals surface area contributed by atoms with Crippen LogP contribution in [0.5, 0.6) is 0 Å². The molecular weight excluding hydrogens is 349 g/mol. The summed E-state index contributed by atoms with van der Waals surface area (Å²) in [5.74, 6) is -1.69. The number of anilines is 1. The number of rotatable bonds is 10. The lowest BCUT2D eigenvalue weighted by molar-refractivity contribution is -0.148. The van der Waals surface area contributed by atoms with Gasteiger partial charge < -0.3 is 23.8 Å². The number of esters is 2. The van der Waals surface area contributed by atoms with Gasteiger partial charge in [0.25, 0.3) is 0 Å². The maximum absolute atomic E-state index is 13.2. The summed E-state index contributed by atoms with van der Waals surface area (Å²) in [7, 11) is -1.70. The summed E-state index contributed by atoms with van der Waals surface area (Å²) in [6.45, 7) is 3.28. The van der Waals surface area contributed by atoms with E-state index in [1.807, 2.05) is 0 Å². The van der Waals surface area contributed by atoms with Crippen molar-refractivity contribution in [2.24, 2.45) is 0 Å². The van der Waals surface area contributed by atoms with E-state index in [9.17, 15) is 14.2 Å². The molecule has 0 aliphatic carbocycles. The molecule has 25 heavy (non-hydrogen) atoms. The smallest absolute Gasteiger partial charge is 0.347 e. The Morgan fingerprint density at radius 3 is 1.96 bits per heavy atom. The summed E-state index contributed by atoms with van der Waals surface area (Å²) < 4.78 is 33.2. The second-order valence-corrected chi connectivity index (χ2v) is 7.01. The Bertz CT molecular complexity index is 598. The Morgan fingerprint density at radius 1 is 1.00 bits per heavy atom. The third-order valence-corrected chi connectivity index (χ3v) is 5.69. The zero-order chi connectivity index (χ0) is 18.9. The zero-order valence-electron chi connectivity index (χ0n) is 14.8. The van der Waals surface area contributed by atoms with E-state index in [1.165, 1.54) is 7.11 Å². The van der Waals surface area contributed by atoms with E-state index in [0.29, 0.717) is 5.69 Å². The third kappa shape index (κ3) is 5.56. The van der Waals surface area contributed by atoms with Gasteiger partial charge in [0, 0.05) is 5.69 Å². The van der Waals surface area contributed by atoms with Crippen LogP contribution in [0, 0.1) is 0 Å². The normalized spacial score (nSPS) is 13.6. The van der Waals surface area contributed by atoms with E-state index in [4.69, 9.17) is 18.5 Å². The first-order valence-electron chi connectivity index (χ1n) is 7.79. The molecule has 0 amide bonds. The highest BCUT2D eigenvalue weighted by atomic mass is 31.2. The topological polar surface area (TPSA) is 100 Å². The number of carbonyl (C=O) groups excluding carboxylic acids is 2. The molecule has 0 radical (unpaired) electrons. The number of hydrogen-bond donors (Lipinski definition) is 1. The van der Waals surface area contributed by atoms with Crippen molar-refractivity contribution in [3.05, 3.63) is 30.3 Å². The van der Waals surface area contributed by atoms with E-state index < -0.39 is 31.2 Å². The van der Waals surface area contributed by atoms with E-state index in [2.05, 4.69) is 5.32 Å². The predicted molar refractivity (Wildman–Crippen MR) is 92.5 cm³/mol. The quantitative estimate of drug-likeness (QED) is 0.493. The first kappa shape index (κ1) is 21.2. The van der Waals surface area contributed by atoms with E-state index in [-0.39, 0.29) is 13.2 Å². The minimum atomic E-state index is -4.00. The molecule has 0 bridgehead atoms. The highest BCUT2D eigenvalue weighted by molar-refractivity contribution is 7.55. The lowest BCUT2D eigenvalue weighted by Crippen LogP contribution is -2.46. The molecule has 0 spiro atoms. The number of benzene rings is 1. The van der Waals surface area contributed by atoms with E-state index >= 15 is 0 Å². The van der Waals surface area contributed by atoms with Crippen LogP contribution in [0.15, 0.2) is 30.3 Å². The lowest BCUT2D eigenvalue weighted by atomic mass is 10.2. The molecule has 0 fully saturated rings. The van der Waals surface area contributed by atoms with Gasteiger partial charge in [-0.1, -0.05) is 18.2 Å². The summed E-state index contributed by atoms with van der Waals surface area (Å²) in [5, 5.41) is 2.86. The average Bonchev–Trinajstić information content (AvgIpc) is 2.61. The average molecular weight is 373 g/mol. The van der Waals surface area contributed by atoms with Crippen LogP contribution in [-0.4, -0.2) is 51.1 Å². The summed E-state index contributed by atoms with van der Waals surface area (Å²) in [6, 6.07) is 7.35. The molecule has 1 N–H and O–H groups in total. The van der Waals surface area contributed by atoms with Crippen LogP contribution < -0.4 is 5.32 Å². The molecule has 9 heteroatoms. The Morgan fingerprint density at radius 2 is 1.52 bits per heavy atom. The van der Waals surface area contributed by atoms with Crippen molar-refractivity contribution in [3.8, 4) is 0 Å². The van der Waals surface area contributed by atoms with Crippen molar-refractivity contribution in [3.63, 3.8) is 0 Å². The molecule has 2 unspecified atom stereocenters. The van der Waals surface area contributed by atoms with Gasteiger partial charge in [-0.3, -0.25) is 9.36 Å². The lowest BCUT2D eigenvalue weighted by Gasteiger charge is -2.30. The van der Waals surface area contributed by atoms with Crippen molar-refractivity contribution in [2.75, 3.05) is 32.8 Å². The monoisotopic (exact) mass is 373 g/mol. The molecule has 0 aromatic heterocycles. The highest BCUT2D eigenvalue weighted by Crippen LogP contribution is 2.55. The van der Waals surface area contributed by atoms with Gasteiger partial charge in [0.1, 0.15) is 6.04 Å². The molecule has 0 aliphatic rings. The van der Waals surface area contributed by atoms with Crippen LogP contribution in [0.25, 0.3) is 0 Å². The van der Waals surface area contributed by atoms with Gasteiger partial charge >= 0.3 is 19.5 Å². The van der Waals surface area contributed by atoms with Crippen molar-refractivity contribution < 1.29 is 32.7 Å².